The van der Waals surface area contributed by atoms with Crippen LogP contribution in [0.15, 0.2) is 53.6 Å². The van der Waals surface area contributed by atoms with Gasteiger partial charge in [0.25, 0.3) is 5.91 Å². The van der Waals surface area contributed by atoms with Gasteiger partial charge in [0.05, 0.1) is 16.4 Å². The van der Waals surface area contributed by atoms with Crippen LogP contribution < -0.4 is 10.2 Å². The Morgan fingerprint density at radius 2 is 1.86 bits per heavy atom. The van der Waals surface area contributed by atoms with Crippen LogP contribution in [0.25, 0.3) is 0 Å². The highest BCUT2D eigenvalue weighted by atomic mass is 127. The third-order valence-electron chi connectivity index (χ3n) is 2.93. The summed E-state index contributed by atoms with van der Waals surface area (Å²) in [6, 6.07) is 14.9. The number of ether oxygens (including phenoxy) is 1. The van der Waals surface area contributed by atoms with Crippen molar-refractivity contribution in [3.63, 3.8) is 0 Å². The lowest BCUT2D eigenvalue weighted by Crippen LogP contribution is -2.19. The first kappa shape index (κ1) is 15.5. The predicted octanol–water partition coefficient (Wildman–Crippen LogP) is 3.45. The zero-order valence-corrected chi connectivity index (χ0v) is 13.9. The molecular formula is C16H15IN2O2. The number of hydrazone groups is 1. The Morgan fingerprint density at radius 3 is 2.48 bits per heavy atom. The van der Waals surface area contributed by atoms with Crippen LogP contribution in [0.2, 0.25) is 0 Å². The fraction of sp³-hybridized carbons (Fsp3) is 0.125. The Labute approximate surface area is 137 Å². The highest BCUT2D eigenvalue weighted by Crippen LogP contribution is 2.21. The molecule has 2 aromatic carbocycles. The summed E-state index contributed by atoms with van der Waals surface area (Å²) in [5.41, 5.74) is 4.84. The van der Waals surface area contributed by atoms with Crippen molar-refractivity contribution in [3.05, 3.63) is 63.2 Å². The third kappa shape index (κ3) is 4.04. The van der Waals surface area contributed by atoms with Crippen molar-refractivity contribution in [3.8, 4) is 5.75 Å². The largest absolute Gasteiger partial charge is 0.496 e. The van der Waals surface area contributed by atoms with Crippen LogP contribution in [0.4, 0.5) is 0 Å². The molecule has 0 atom stereocenters. The van der Waals surface area contributed by atoms with Crippen molar-refractivity contribution in [1.29, 1.82) is 0 Å². The van der Waals surface area contributed by atoms with Crippen molar-refractivity contribution in [2.45, 2.75) is 6.92 Å². The van der Waals surface area contributed by atoms with Gasteiger partial charge in [0.15, 0.2) is 0 Å². The van der Waals surface area contributed by atoms with E-state index in [-0.39, 0.29) is 5.91 Å². The smallest absolute Gasteiger partial charge is 0.271 e. The highest BCUT2D eigenvalue weighted by molar-refractivity contribution is 14.1. The minimum absolute atomic E-state index is 0.245. The Balaban J connectivity index is 2.10. The summed E-state index contributed by atoms with van der Waals surface area (Å²) in [5, 5.41) is 4.13. The van der Waals surface area contributed by atoms with Crippen LogP contribution in [-0.2, 0) is 0 Å². The third-order valence-corrected chi connectivity index (χ3v) is 3.77. The van der Waals surface area contributed by atoms with Crippen LogP contribution in [0, 0.1) is 3.57 Å². The van der Waals surface area contributed by atoms with E-state index in [0.29, 0.717) is 5.56 Å². The Hall–Kier alpha value is -1.89. The summed E-state index contributed by atoms with van der Waals surface area (Å²) in [4.78, 5) is 12.1. The number of hydrogen-bond donors (Lipinski definition) is 1. The first-order valence-electron chi connectivity index (χ1n) is 6.35. The number of rotatable bonds is 4. The van der Waals surface area contributed by atoms with Crippen LogP contribution in [-0.4, -0.2) is 18.7 Å². The molecular weight excluding hydrogens is 379 g/mol. The fourth-order valence-corrected chi connectivity index (χ4v) is 2.49. The number of amides is 1. The van der Waals surface area contributed by atoms with Gasteiger partial charge >= 0.3 is 0 Å². The maximum absolute atomic E-state index is 12.1. The van der Waals surface area contributed by atoms with Gasteiger partial charge in [-0.1, -0.05) is 30.3 Å². The molecule has 21 heavy (non-hydrogen) atoms. The van der Waals surface area contributed by atoms with Crippen molar-refractivity contribution >= 4 is 34.2 Å². The molecule has 4 nitrogen and oxygen atoms in total. The Kier molecular flexibility index (Phi) is 5.32. The van der Waals surface area contributed by atoms with E-state index in [1.807, 2.05) is 37.3 Å². The minimum atomic E-state index is -0.245. The molecule has 0 aliphatic heterocycles. The Bertz CT molecular complexity index is 669. The number of halogens is 1. The minimum Gasteiger partial charge on any atom is -0.496 e. The zero-order chi connectivity index (χ0) is 15.2. The molecule has 0 aliphatic rings. The lowest BCUT2D eigenvalue weighted by Gasteiger charge is -2.06. The number of hydrogen-bond acceptors (Lipinski definition) is 3. The van der Waals surface area contributed by atoms with Gasteiger partial charge in [-0.15, -0.1) is 0 Å². The molecule has 1 amide bonds. The monoisotopic (exact) mass is 394 g/mol. The normalized spacial score (nSPS) is 11.1. The van der Waals surface area contributed by atoms with Gasteiger partial charge in [-0.05, 0) is 53.3 Å². The first-order chi connectivity index (χ1) is 10.1. The molecule has 108 valence electrons. The summed E-state index contributed by atoms with van der Waals surface area (Å²) in [6.45, 7) is 1.85. The predicted molar refractivity (Wildman–Crippen MR) is 91.8 cm³/mol. The van der Waals surface area contributed by atoms with Crippen molar-refractivity contribution < 1.29 is 9.53 Å². The lowest BCUT2D eigenvalue weighted by molar-refractivity contribution is 0.0954. The molecule has 0 unspecified atom stereocenters. The van der Waals surface area contributed by atoms with E-state index in [1.165, 1.54) is 0 Å². The summed E-state index contributed by atoms with van der Waals surface area (Å²) in [7, 11) is 1.60. The van der Waals surface area contributed by atoms with Gasteiger partial charge in [-0.25, -0.2) is 5.43 Å². The summed E-state index contributed by atoms with van der Waals surface area (Å²) < 4.78 is 6.05. The summed E-state index contributed by atoms with van der Waals surface area (Å²) in [5.74, 6) is 0.502. The van der Waals surface area contributed by atoms with E-state index in [0.717, 1.165) is 20.6 Å². The zero-order valence-electron chi connectivity index (χ0n) is 11.8. The second-order valence-electron chi connectivity index (χ2n) is 4.35. The van der Waals surface area contributed by atoms with E-state index < -0.39 is 0 Å². The molecule has 0 fully saturated rings. The van der Waals surface area contributed by atoms with E-state index in [9.17, 15) is 4.79 Å². The van der Waals surface area contributed by atoms with E-state index in [1.54, 1.807) is 25.3 Å². The number of carbonyl (C=O) groups is 1. The average Bonchev–Trinajstić information content (AvgIpc) is 2.53. The van der Waals surface area contributed by atoms with Gasteiger partial charge in [0.1, 0.15) is 5.75 Å². The molecule has 1 N–H and O–H groups in total. The van der Waals surface area contributed by atoms with Crippen molar-refractivity contribution in [1.82, 2.24) is 5.43 Å². The van der Waals surface area contributed by atoms with Crippen molar-refractivity contribution in [2.24, 2.45) is 5.10 Å². The van der Waals surface area contributed by atoms with Crippen LogP contribution in [0.1, 0.15) is 22.8 Å². The lowest BCUT2D eigenvalue weighted by atomic mass is 10.1. The number of benzene rings is 2. The number of carbonyl (C=O) groups excluding carboxylic acids is 1. The number of nitrogens with zero attached hydrogens (tertiary/aromatic N) is 1. The van der Waals surface area contributed by atoms with Gasteiger partial charge in [0.2, 0.25) is 0 Å². The average molecular weight is 394 g/mol. The van der Waals surface area contributed by atoms with Gasteiger partial charge < -0.3 is 4.74 Å². The van der Waals surface area contributed by atoms with E-state index in [4.69, 9.17) is 4.74 Å². The van der Waals surface area contributed by atoms with E-state index in [2.05, 4.69) is 33.1 Å². The molecule has 2 rings (SSSR count). The molecule has 0 spiro atoms. The second kappa shape index (κ2) is 7.21. The molecule has 0 saturated carbocycles. The summed E-state index contributed by atoms with van der Waals surface area (Å²) >= 11 is 2.13. The number of methoxy groups -OCH3 is 1. The highest BCUT2D eigenvalue weighted by Gasteiger charge is 2.08. The standard InChI is InChI=1S/C16H15IN2O2/c1-11(12-6-4-3-5-7-12)18-19-16(20)13-8-9-15(21-2)14(17)10-13/h3-10H,1-2H3,(H,19,20). The second-order valence-corrected chi connectivity index (χ2v) is 5.52. The van der Waals surface area contributed by atoms with Gasteiger partial charge in [0, 0.05) is 5.56 Å². The molecule has 0 heterocycles. The quantitative estimate of drug-likeness (QED) is 0.491. The molecule has 0 saturated heterocycles. The molecule has 0 aliphatic carbocycles. The topological polar surface area (TPSA) is 50.7 Å². The van der Waals surface area contributed by atoms with Gasteiger partial charge in [-0.2, -0.15) is 5.10 Å². The summed E-state index contributed by atoms with van der Waals surface area (Å²) in [6.07, 6.45) is 0. The van der Waals surface area contributed by atoms with E-state index >= 15 is 0 Å². The molecule has 0 radical (unpaired) electrons. The number of nitrogens with one attached hydrogen (secondary N) is 1. The maximum atomic E-state index is 12.1. The van der Waals surface area contributed by atoms with Crippen LogP contribution in [0.5, 0.6) is 5.75 Å². The molecule has 0 aromatic heterocycles. The molecule has 0 bridgehead atoms. The fourth-order valence-electron chi connectivity index (χ4n) is 1.75. The van der Waals surface area contributed by atoms with Crippen molar-refractivity contribution in [2.75, 3.05) is 7.11 Å². The maximum Gasteiger partial charge on any atom is 0.271 e. The Morgan fingerprint density at radius 1 is 1.14 bits per heavy atom. The van der Waals surface area contributed by atoms with Gasteiger partial charge in [-0.3, -0.25) is 4.79 Å². The van der Waals surface area contributed by atoms with Crippen LogP contribution in [0.3, 0.4) is 0 Å². The SMILES string of the molecule is COc1ccc(C(=O)NN=C(C)c2ccccc2)cc1I. The van der Waals surface area contributed by atoms with Crippen LogP contribution >= 0.6 is 22.6 Å². The molecule has 2 aromatic rings. The first-order valence-corrected chi connectivity index (χ1v) is 7.43. The molecule has 5 heteroatoms.